The summed E-state index contributed by atoms with van der Waals surface area (Å²) >= 11 is 0. The van der Waals surface area contributed by atoms with Crippen molar-refractivity contribution in [3.8, 4) is 0 Å². The predicted octanol–water partition coefficient (Wildman–Crippen LogP) is 10.8. The highest BCUT2D eigenvalue weighted by atomic mass is 16.3. The molecule has 20 nitrogen and oxygen atoms in total. The van der Waals surface area contributed by atoms with Crippen LogP contribution in [0, 0.1) is 55.4 Å². The van der Waals surface area contributed by atoms with Crippen LogP contribution in [0.4, 0.5) is 0 Å². The Morgan fingerprint density at radius 3 is 1.01 bits per heavy atom. The van der Waals surface area contributed by atoms with Crippen molar-refractivity contribution < 1.29 is 49.2 Å². The van der Waals surface area contributed by atoms with Gasteiger partial charge in [-0.15, -0.1) is 0 Å². The minimum absolute atomic E-state index is 0.0294. The van der Waals surface area contributed by atoms with Crippen LogP contribution in [0.25, 0.3) is 11.5 Å². The number of ketones is 5. The van der Waals surface area contributed by atoms with Crippen LogP contribution in [0.1, 0.15) is 137 Å². The fourth-order valence-corrected chi connectivity index (χ4v) is 7.37. The van der Waals surface area contributed by atoms with E-state index in [2.05, 4.69) is 49.8 Å². The number of aliphatic hydroxyl groups excluding tert-OH is 4. The molecule has 0 saturated carbocycles. The molecule has 0 amide bonds. The summed E-state index contributed by atoms with van der Waals surface area (Å²) in [4.78, 5) is 110. The number of Topliss-reactive ketones (excluding diaryl/α,β-unsaturated/α-hetero) is 5. The maximum absolute atomic E-state index is 12.1. The molecule has 0 radical (unpaired) electrons. The second-order valence-corrected chi connectivity index (χ2v) is 19.0. The van der Waals surface area contributed by atoms with E-state index in [1.54, 1.807) is 161 Å². The second kappa shape index (κ2) is 34.5. The smallest absolute Gasteiger partial charge is 0.253 e. The third kappa shape index (κ3) is 21.8. The van der Waals surface area contributed by atoms with Crippen LogP contribution in [0.5, 0.6) is 0 Å². The van der Waals surface area contributed by atoms with Crippen molar-refractivity contribution in [2.45, 2.75) is 68.1 Å². The van der Waals surface area contributed by atoms with E-state index in [1.165, 1.54) is 30.5 Å². The predicted molar refractivity (Wildman–Crippen MR) is 330 cm³/mol. The molecule has 0 aliphatic carbocycles. The van der Waals surface area contributed by atoms with Gasteiger partial charge in [-0.2, -0.15) is 0 Å². The summed E-state index contributed by atoms with van der Waals surface area (Å²) < 4.78 is 0. The zero-order valence-corrected chi connectivity index (χ0v) is 49.5. The van der Waals surface area contributed by atoms with Crippen molar-refractivity contribution in [1.82, 2.24) is 49.8 Å². The number of pyridine rings is 10. The minimum Gasteiger partial charge on any atom is -0.503 e. The van der Waals surface area contributed by atoms with Gasteiger partial charge in [-0.25, -0.2) is 29.9 Å². The van der Waals surface area contributed by atoms with E-state index in [1.807, 2.05) is 58.0 Å². The fraction of sp³-hybridized carbons (Fsp3) is 0.147. The number of aldehydes is 1. The molecule has 10 rings (SSSR count). The van der Waals surface area contributed by atoms with Crippen molar-refractivity contribution in [1.29, 1.82) is 0 Å². The van der Waals surface area contributed by atoms with Crippen LogP contribution >= 0.6 is 0 Å². The molecular weight excluding hydrogens is 1120 g/mol. The number of hydrogen-bond acceptors (Lipinski definition) is 20. The average molecular weight is 1180 g/mol. The Balaban J connectivity index is 0.000000197. The number of aliphatic hydroxyl groups is 4. The largest absolute Gasteiger partial charge is 0.503 e. The molecule has 4 N–H and O–H groups in total. The van der Waals surface area contributed by atoms with Crippen molar-refractivity contribution >= 4 is 46.7 Å². The van der Waals surface area contributed by atoms with Crippen LogP contribution in [-0.4, -0.2) is 105 Å². The lowest BCUT2D eigenvalue weighted by molar-refractivity contribution is 0.0733. The van der Waals surface area contributed by atoms with Gasteiger partial charge in [0.2, 0.25) is 5.78 Å². The molecule has 0 spiro atoms. The first-order chi connectivity index (χ1) is 42.2. The van der Waals surface area contributed by atoms with E-state index in [0.29, 0.717) is 39.9 Å². The maximum Gasteiger partial charge on any atom is 0.253 e. The fourth-order valence-electron chi connectivity index (χ4n) is 7.37. The Hall–Kier alpha value is -11.2. The quantitative estimate of drug-likeness (QED) is 0.0361. The van der Waals surface area contributed by atoms with Crippen molar-refractivity contribution in [3.05, 3.63) is 297 Å². The highest BCUT2D eigenvalue weighted by Gasteiger charge is 2.23. The molecule has 0 bridgehead atoms. The summed E-state index contributed by atoms with van der Waals surface area (Å²) in [6, 6.07) is 51.4. The van der Waals surface area contributed by atoms with Crippen LogP contribution in [0.15, 0.2) is 194 Å². The zero-order valence-electron chi connectivity index (χ0n) is 49.5. The molecule has 20 heteroatoms. The van der Waals surface area contributed by atoms with Gasteiger partial charge in [0.25, 0.3) is 23.1 Å². The summed E-state index contributed by atoms with van der Waals surface area (Å²) in [7, 11) is 0. The van der Waals surface area contributed by atoms with E-state index >= 15 is 0 Å². The van der Waals surface area contributed by atoms with Gasteiger partial charge in [0, 0.05) is 57.9 Å². The molecule has 1 atom stereocenters. The number of nitrogens with zero attached hydrogens (tertiary/aromatic N) is 10. The molecule has 446 valence electrons. The highest BCUT2D eigenvalue weighted by molar-refractivity contribution is 6.48. The lowest BCUT2D eigenvalue weighted by Gasteiger charge is -2.09. The van der Waals surface area contributed by atoms with Crippen LogP contribution in [-0.2, 0) is 6.61 Å². The third-order valence-electron chi connectivity index (χ3n) is 11.7. The lowest BCUT2D eigenvalue weighted by Crippen LogP contribution is -2.17. The molecule has 10 heterocycles. The zero-order chi connectivity index (χ0) is 64.1. The molecule has 10 aromatic heterocycles. The normalized spacial score (nSPS) is 10.7. The van der Waals surface area contributed by atoms with Gasteiger partial charge in [0.05, 0.1) is 18.0 Å². The summed E-state index contributed by atoms with van der Waals surface area (Å²) in [5.74, 6) is -3.49. The number of rotatable bonds is 13. The molecule has 1 unspecified atom stereocenters. The van der Waals surface area contributed by atoms with Gasteiger partial charge in [-0.1, -0.05) is 60.7 Å². The Kier molecular flexibility index (Phi) is 26.5. The van der Waals surface area contributed by atoms with E-state index in [0.717, 1.165) is 40.4 Å². The molecule has 0 aliphatic rings. The first kappa shape index (κ1) is 67.6. The first-order valence-corrected chi connectivity index (χ1v) is 27.1. The topological polar surface area (TPSA) is 312 Å². The molecule has 88 heavy (non-hydrogen) atoms. The Labute approximate surface area is 508 Å². The monoisotopic (exact) mass is 1180 g/mol. The molecule has 10 aromatic rings. The molecule has 0 aromatic carbocycles. The first-order valence-electron chi connectivity index (χ1n) is 27.1. The highest BCUT2D eigenvalue weighted by Crippen LogP contribution is 2.20. The summed E-state index contributed by atoms with van der Waals surface area (Å²) in [5.41, 5.74) is 9.16. The minimum atomic E-state index is -1.26. The van der Waals surface area contributed by atoms with E-state index < -0.39 is 35.0 Å². The van der Waals surface area contributed by atoms with Crippen molar-refractivity contribution in [2.75, 3.05) is 0 Å². The van der Waals surface area contributed by atoms with Gasteiger partial charge >= 0.3 is 0 Å². The SMILES string of the molecule is Cc1cccc(/C(O)=C(\O)c2cccc(C)n2)n1.Cc1cccc(C(=O)C(=O)c2cccc(C)n2)n1.Cc1cccc(C(=O)C(=O)c2ccccn2)n1.Cc1cccc(C(=O)C(O)c2cccc(C)n2)n1.Cc1cccc(CO)n1.O=Cc1ccccn1. The summed E-state index contributed by atoms with van der Waals surface area (Å²) in [5, 5.41) is 38.6. The van der Waals surface area contributed by atoms with E-state index in [9.17, 15) is 44.1 Å². The molecule has 0 aliphatic heterocycles. The number of carbonyl (C=O) groups is 6. The third-order valence-corrected chi connectivity index (χ3v) is 11.7. The maximum atomic E-state index is 12.1. The Morgan fingerprint density at radius 1 is 0.364 bits per heavy atom. The molecule has 0 fully saturated rings. The number of hydrogen-bond donors (Lipinski definition) is 4. The standard InChI is InChI=1S/2C14H14N2O2.C14H12N2O2.C13H10N2O2.C7H9NO.C6H5NO/c3*1-9-5-3-7-11(15-9)13(17)14(18)12-8-4-6-10(2)16-12;1-9-5-4-7-11(15-9)13(17)12(16)10-6-2-3-8-14-10;1-6-3-2-4-7(5-9)8-6;8-5-6-3-1-2-4-7-6/h3-8,17-18H,1-2H3;3-8,13,17H,1-2H3;3-8H,1-2H3;2-8H,1H3;2-4,9H,5H2,1H3;1-5H/b14-13+;;;;;. The summed E-state index contributed by atoms with van der Waals surface area (Å²) in [6.07, 6.45) is 2.52. The van der Waals surface area contributed by atoms with Gasteiger partial charge in [0.15, 0.2) is 23.9 Å². The number of aryl methyl sites for hydroxylation is 8. The molecular formula is C68H64N10O10. The average Bonchev–Trinajstić information content (AvgIpc) is 3.71. The van der Waals surface area contributed by atoms with E-state index in [4.69, 9.17) is 5.11 Å². The van der Waals surface area contributed by atoms with E-state index in [-0.39, 0.29) is 46.6 Å². The Morgan fingerprint density at radius 2 is 0.682 bits per heavy atom. The number of aromatic nitrogens is 10. The van der Waals surface area contributed by atoms with Gasteiger partial charge in [-0.3, -0.25) is 48.7 Å². The van der Waals surface area contributed by atoms with Gasteiger partial charge in [-0.05, 0) is 177 Å². The number of carbonyl (C=O) groups excluding carboxylic acids is 6. The van der Waals surface area contributed by atoms with Crippen molar-refractivity contribution in [2.24, 2.45) is 0 Å². The Bertz CT molecular complexity index is 3930. The van der Waals surface area contributed by atoms with Crippen LogP contribution in [0.3, 0.4) is 0 Å². The lowest BCUT2D eigenvalue weighted by atomic mass is 10.1. The van der Waals surface area contributed by atoms with Gasteiger partial charge in [0.1, 0.15) is 45.6 Å². The summed E-state index contributed by atoms with van der Waals surface area (Å²) in [6.45, 7) is 14.5. The van der Waals surface area contributed by atoms with Crippen molar-refractivity contribution in [3.63, 3.8) is 0 Å². The molecule has 0 saturated heterocycles. The second-order valence-electron chi connectivity index (χ2n) is 19.0. The van der Waals surface area contributed by atoms with Crippen LogP contribution in [0.2, 0.25) is 0 Å². The van der Waals surface area contributed by atoms with Crippen LogP contribution < -0.4 is 0 Å². The van der Waals surface area contributed by atoms with Gasteiger partial charge < -0.3 is 20.4 Å².